The minimum absolute atomic E-state index is 0.448. The molecule has 1 saturated carbocycles. The molecule has 5 heteroatoms. The van der Waals surface area contributed by atoms with Crippen LogP contribution in [0.5, 0.6) is 0 Å². The summed E-state index contributed by atoms with van der Waals surface area (Å²) >= 11 is 0. The second-order valence-corrected chi connectivity index (χ2v) is 7.33. The van der Waals surface area contributed by atoms with Crippen molar-refractivity contribution in [2.75, 3.05) is 0 Å². The normalized spacial score (nSPS) is 23.6. The van der Waals surface area contributed by atoms with E-state index in [0.29, 0.717) is 17.8 Å². The highest BCUT2D eigenvalue weighted by Crippen LogP contribution is 2.43. The van der Waals surface area contributed by atoms with Crippen LogP contribution in [-0.4, -0.2) is 24.6 Å². The first-order valence-electron chi connectivity index (χ1n) is 9.00. The standard InChI is InChI=1S/C20H21N5/c1-13-9-15(10-14-5-3-2-4-6-14)11-16(13)20-24-23-18-12-22-19-17(25(18)20)7-8-21-19/h2-8,12-13,15-16,21H,9-11H2,1H3/t13-,15+,16+/m1/s1. The van der Waals surface area contributed by atoms with Crippen LogP contribution in [-0.2, 0) is 6.42 Å². The Labute approximate surface area is 146 Å². The lowest BCUT2D eigenvalue weighted by Crippen LogP contribution is -2.08. The molecule has 0 unspecified atom stereocenters. The van der Waals surface area contributed by atoms with E-state index in [1.54, 1.807) is 6.20 Å². The minimum Gasteiger partial charge on any atom is -0.345 e. The van der Waals surface area contributed by atoms with Crippen LogP contribution in [0.1, 0.15) is 37.1 Å². The Balaban J connectivity index is 1.49. The Bertz CT molecular complexity index is 1020. The molecule has 5 nitrogen and oxygen atoms in total. The summed E-state index contributed by atoms with van der Waals surface area (Å²) in [6, 6.07) is 12.9. The predicted molar refractivity (Wildman–Crippen MR) is 97.4 cm³/mol. The average Bonchev–Trinajstić information content (AvgIpc) is 3.32. The van der Waals surface area contributed by atoms with Crippen molar-refractivity contribution in [1.29, 1.82) is 0 Å². The molecule has 0 bridgehead atoms. The van der Waals surface area contributed by atoms with Crippen LogP contribution < -0.4 is 0 Å². The van der Waals surface area contributed by atoms with Crippen LogP contribution in [0, 0.1) is 11.8 Å². The topological polar surface area (TPSA) is 58.9 Å². The smallest absolute Gasteiger partial charge is 0.179 e. The number of aromatic nitrogens is 5. The maximum atomic E-state index is 4.56. The Morgan fingerprint density at radius 2 is 2.00 bits per heavy atom. The molecule has 0 radical (unpaired) electrons. The molecule has 1 N–H and O–H groups in total. The van der Waals surface area contributed by atoms with Gasteiger partial charge in [0.2, 0.25) is 0 Å². The van der Waals surface area contributed by atoms with E-state index < -0.39 is 0 Å². The van der Waals surface area contributed by atoms with E-state index in [2.05, 4.69) is 67.9 Å². The van der Waals surface area contributed by atoms with Gasteiger partial charge in [-0.15, -0.1) is 10.2 Å². The van der Waals surface area contributed by atoms with Gasteiger partial charge in [-0.2, -0.15) is 0 Å². The van der Waals surface area contributed by atoms with Gasteiger partial charge in [0, 0.05) is 12.1 Å². The first-order valence-corrected chi connectivity index (χ1v) is 9.00. The largest absolute Gasteiger partial charge is 0.345 e. The molecule has 0 saturated heterocycles. The van der Waals surface area contributed by atoms with E-state index in [1.807, 2.05) is 6.20 Å². The number of aromatic amines is 1. The second-order valence-electron chi connectivity index (χ2n) is 7.33. The van der Waals surface area contributed by atoms with Gasteiger partial charge in [-0.1, -0.05) is 37.3 Å². The average molecular weight is 331 g/mol. The molecule has 3 heterocycles. The fraction of sp³-hybridized carbons (Fsp3) is 0.350. The minimum atomic E-state index is 0.448. The van der Waals surface area contributed by atoms with E-state index >= 15 is 0 Å². The summed E-state index contributed by atoms with van der Waals surface area (Å²) in [7, 11) is 0. The van der Waals surface area contributed by atoms with Crippen molar-refractivity contribution in [3.8, 4) is 0 Å². The quantitative estimate of drug-likeness (QED) is 0.618. The van der Waals surface area contributed by atoms with Crippen molar-refractivity contribution < 1.29 is 0 Å². The van der Waals surface area contributed by atoms with Crippen LogP contribution in [0.2, 0.25) is 0 Å². The number of rotatable bonds is 3. The van der Waals surface area contributed by atoms with Crippen LogP contribution in [0.15, 0.2) is 48.8 Å². The van der Waals surface area contributed by atoms with E-state index in [4.69, 9.17) is 0 Å². The highest BCUT2D eigenvalue weighted by molar-refractivity contribution is 5.74. The number of fused-ring (bicyclic) bond motifs is 3. The van der Waals surface area contributed by atoms with Crippen molar-refractivity contribution in [3.05, 3.63) is 60.2 Å². The van der Waals surface area contributed by atoms with Gasteiger partial charge in [-0.05, 0) is 42.7 Å². The molecule has 1 aromatic carbocycles. The zero-order chi connectivity index (χ0) is 16.8. The first kappa shape index (κ1) is 14.6. The van der Waals surface area contributed by atoms with Crippen LogP contribution >= 0.6 is 0 Å². The number of nitrogens with one attached hydrogen (secondary N) is 1. The van der Waals surface area contributed by atoms with Gasteiger partial charge in [0.05, 0.1) is 11.7 Å². The Hall–Kier alpha value is -2.69. The lowest BCUT2D eigenvalue weighted by atomic mass is 9.96. The molecule has 25 heavy (non-hydrogen) atoms. The van der Waals surface area contributed by atoms with E-state index in [-0.39, 0.29) is 0 Å². The van der Waals surface area contributed by atoms with Crippen molar-refractivity contribution in [2.24, 2.45) is 11.8 Å². The molecule has 3 atom stereocenters. The molecule has 1 aliphatic carbocycles. The van der Waals surface area contributed by atoms with Gasteiger partial charge in [0.15, 0.2) is 11.3 Å². The number of benzene rings is 1. The van der Waals surface area contributed by atoms with Gasteiger partial charge in [-0.25, -0.2) is 4.98 Å². The predicted octanol–water partition coefficient (Wildman–Crippen LogP) is 3.98. The summed E-state index contributed by atoms with van der Waals surface area (Å²) in [6.45, 7) is 2.35. The van der Waals surface area contributed by atoms with Gasteiger partial charge in [0.1, 0.15) is 5.82 Å². The molecule has 4 aromatic rings. The molecule has 126 valence electrons. The van der Waals surface area contributed by atoms with Gasteiger partial charge in [0.25, 0.3) is 0 Å². The molecule has 0 spiro atoms. The van der Waals surface area contributed by atoms with Crippen molar-refractivity contribution in [3.63, 3.8) is 0 Å². The molecular weight excluding hydrogens is 310 g/mol. The Morgan fingerprint density at radius 3 is 2.88 bits per heavy atom. The number of hydrogen-bond acceptors (Lipinski definition) is 3. The van der Waals surface area contributed by atoms with Crippen LogP contribution in [0.4, 0.5) is 0 Å². The molecule has 0 amide bonds. The summed E-state index contributed by atoms with van der Waals surface area (Å²) in [4.78, 5) is 7.60. The number of nitrogens with zero attached hydrogens (tertiary/aromatic N) is 4. The Kier molecular flexibility index (Phi) is 3.33. The van der Waals surface area contributed by atoms with Gasteiger partial charge < -0.3 is 4.98 Å². The maximum absolute atomic E-state index is 4.56. The third kappa shape index (κ3) is 2.42. The monoisotopic (exact) mass is 331 g/mol. The summed E-state index contributed by atoms with van der Waals surface area (Å²) in [5, 5.41) is 8.93. The van der Waals surface area contributed by atoms with E-state index in [0.717, 1.165) is 29.1 Å². The number of H-pyrrole nitrogens is 1. The highest BCUT2D eigenvalue weighted by Gasteiger charge is 2.35. The summed E-state index contributed by atoms with van der Waals surface area (Å²) in [5.41, 5.74) is 4.22. The van der Waals surface area contributed by atoms with Gasteiger partial charge in [-0.3, -0.25) is 4.40 Å². The molecule has 1 fully saturated rings. The second kappa shape index (κ2) is 5.69. The SMILES string of the molecule is C[C@@H]1C[C@@H](Cc2ccccc2)C[C@@H]1c1nnc2cnc3[nH]ccc3n12. The lowest BCUT2D eigenvalue weighted by Gasteiger charge is -2.13. The first-order chi connectivity index (χ1) is 12.3. The molecule has 5 rings (SSSR count). The van der Waals surface area contributed by atoms with E-state index in [1.165, 1.54) is 18.4 Å². The van der Waals surface area contributed by atoms with Gasteiger partial charge >= 0.3 is 0 Å². The maximum Gasteiger partial charge on any atom is 0.179 e. The van der Waals surface area contributed by atoms with E-state index in [9.17, 15) is 0 Å². The van der Waals surface area contributed by atoms with Crippen molar-refractivity contribution in [2.45, 2.75) is 32.1 Å². The fourth-order valence-electron chi connectivity index (χ4n) is 4.49. The van der Waals surface area contributed by atoms with Crippen molar-refractivity contribution in [1.82, 2.24) is 24.6 Å². The van der Waals surface area contributed by atoms with Crippen LogP contribution in [0.3, 0.4) is 0 Å². The molecule has 1 aliphatic rings. The third-order valence-corrected chi connectivity index (χ3v) is 5.65. The Morgan fingerprint density at radius 1 is 1.12 bits per heavy atom. The number of hydrogen-bond donors (Lipinski definition) is 1. The molecular formula is C20H21N5. The van der Waals surface area contributed by atoms with Crippen LogP contribution in [0.25, 0.3) is 16.8 Å². The summed E-state index contributed by atoms with van der Waals surface area (Å²) in [5.74, 6) is 2.86. The van der Waals surface area contributed by atoms with Crippen molar-refractivity contribution >= 4 is 16.8 Å². The summed E-state index contributed by atoms with van der Waals surface area (Å²) in [6.07, 6.45) is 7.30. The lowest BCUT2D eigenvalue weighted by molar-refractivity contribution is 0.500. The molecule has 3 aromatic heterocycles. The fourth-order valence-corrected chi connectivity index (χ4v) is 4.49. The summed E-state index contributed by atoms with van der Waals surface area (Å²) < 4.78 is 2.19. The zero-order valence-electron chi connectivity index (χ0n) is 14.3. The highest BCUT2D eigenvalue weighted by atomic mass is 15.3. The third-order valence-electron chi connectivity index (χ3n) is 5.65. The molecule has 0 aliphatic heterocycles. The zero-order valence-corrected chi connectivity index (χ0v) is 14.3.